The fraction of sp³-hybridized carbons (Fsp3) is 0.278. The van der Waals surface area contributed by atoms with Crippen molar-refractivity contribution < 1.29 is 35.9 Å². The number of hydrogen-bond donors (Lipinski definition) is 0. The zero-order valence-corrected chi connectivity index (χ0v) is 15.5. The van der Waals surface area contributed by atoms with Gasteiger partial charge in [0.1, 0.15) is 11.8 Å². The molecule has 0 fully saturated rings. The number of alkyl halides is 3. The fourth-order valence-electron chi connectivity index (χ4n) is 3.04. The van der Waals surface area contributed by atoms with Crippen molar-refractivity contribution in [1.82, 2.24) is 4.31 Å². The summed E-state index contributed by atoms with van der Waals surface area (Å²) in [5, 5.41) is 0. The van der Waals surface area contributed by atoms with Crippen LogP contribution in [0, 0.1) is 0 Å². The van der Waals surface area contributed by atoms with Crippen LogP contribution in [0.15, 0.2) is 53.4 Å². The Bertz CT molecular complexity index is 973. The molecule has 2 aromatic carbocycles. The maximum atomic E-state index is 13.1. The molecule has 150 valence electrons. The Hall–Kier alpha value is -2.59. The highest BCUT2D eigenvalue weighted by Crippen LogP contribution is 2.31. The summed E-state index contributed by atoms with van der Waals surface area (Å²) < 4.78 is 72.5. The summed E-state index contributed by atoms with van der Waals surface area (Å²) in [4.78, 5) is 11.9. The van der Waals surface area contributed by atoms with Crippen LogP contribution in [-0.4, -0.2) is 38.2 Å². The lowest BCUT2D eigenvalue weighted by Crippen LogP contribution is -2.48. The number of benzene rings is 2. The third-order valence-electron chi connectivity index (χ3n) is 4.34. The number of carbonyl (C=O) groups is 1. The second kappa shape index (κ2) is 7.44. The number of halogens is 3. The molecular formula is C18H16F3NO5S. The fourth-order valence-corrected chi connectivity index (χ4v) is 4.59. The largest absolute Gasteiger partial charge is 0.573 e. The first-order valence-corrected chi connectivity index (χ1v) is 9.58. The van der Waals surface area contributed by atoms with E-state index in [1.807, 2.05) is 0 Å². The first-order valence-electron chi connectivity index (χ1n) is 8.14. The molecule has 0 spiro atoms. The van der Waals surface area contributed by atoms with Crippen molar-refractivity contribution in [2.75, 3.05) is 7.11 Å². The van der Waals surface area contributed by atoms with E-state index < -0.39 is 34.1 Å². The summed E-state index contributed by atoms with van der Waals surface area (Å²) in [5.41, 5.74) is 1.57. The van der Waals surface area contributed by atoms with Crippen LogP contribution in [-0.2, 0) is 32.5 Å². The Balaban J connectivity index is 1.95. The molecule has 1 aliphatic rings. The van der Waals surface area contributed by atoms with Gasteiger partial charge >= 0.3 is 12.3 Å². The maximum Gasteiger partial charge on any atom is 0.573 e. The average molecular weight is 415 g/mol. The Morgan fingerprint density at radius 3 is 2.25 bits per heavy atom. The van der Waals surface area contributed by atoms with Crippen LogP contribution < -0.4 is 4.74 Å². The summed E-state index contributed by atoms with van der Waals surface area (Å²) in [6, 6.07) is 9.86. The van der Waals surface area contributed by atoms with Gasteiger partial charge in [0, 0.05) is 13.0 Å². The van der Waals surface area contributed by atoms with Crippen LogP contribution in [0.4, 0.5) is 13.2 Å². The molecule has 0 bridgehead atoms. The monoisotopic (exact) mass is 415 g/mol. The zero-order valence-electron chi connectivity index (χ0n) is 14.6. The maximum absolute atomic E-state index is 13.1. The topological polar surface area (TPSA) is 72.9 Å². The lowest BCUT2D eigenvalue weighted by Gasteiger charge is -2.34. The molecular weight excluding hydrogens is 399 g/mol. The van der Waals surface area contributed by atoms with Gasteiger partial charge in [-0.25, -0.2) is 8.42 Å². The SMILES string of the molecule is COC(=O)[C@H]1Cc2ccccc2CN1S(=O)(=O)c1ccc(OC(F)(F)F)cc1. The van der Waals surface area contributed by atoms with Gasteiger partial charge in [0.15, 0.2) is 0 Å². The lowest BCUT2D eigenvalue weighted by molar-refractivity contribution is -0.274. The van der Waals surface area contributed by atoms with Crippen molar-refractivity contribution in [2.45, 2.75) is 30.3 Å². The van der Waals surface area contributed by atoms with E-state index in [0.717, 1.165) is 46.8 Å². The van der Waals surface area contributed by atoms with Gasteiger partial charge in [-0.2, -0.15) is 4.31 Å². The van der Waals surface area contributed by atoms with E-state index in [2.05, 4.69) is 4.74 Å². The molecule has 28 heavy (non-hydrogen) atoms. The first-order chi connectivity index (χ1) is 13.1. The van der Waals surface area contributed by atoms with E-state index in [1.165, 1.54) is 0 Å². The molecule has 0 aromatic heterocycles. The highest BCUT2D eigenvalue weighted by atomic mass is 32.2. The van der Waals surface area contributed by atoms with Crippen molar-refractivity contribution in [2.24, 2.45) is 0 Å². The molecule has 1 aliphatic heterocycles. The Labute approximate surface area is 159 Å². The Morgan fingerprint density at radius 2 is 1.68 bits per heavy atom. The van der Waals surface area contributed by atoms with Crippen LogP contribution >= 0.6 is 0 Å². The molecule has 1 atom stereocenters. The number of esters is 1. The highest BCUT2D eigenvalue weighted by molar-refractivity contribution is 7.89. The minimum Gasteiger partial charge on any atom is -0.468 e. The summed E-state index contributed by atoms with van der Waals surface area (Å²) in [7, 11) is -3.01. The van der Waals surface area contributed by atoms with Gasteiger partial charge in [0.05, 0.1) is 12.0 Å². The molecule has 0 saturated carbocycles. The predicted octanol–water partition coefficient (Wildman–Crippen LogP) is 2.87. The summed E-state index contributed by atoms with van der Waals surface area (Å²) >= 11 is 0. The quantitative estimate of drug-likeness (QED) is 0.718. The van der Waals surface area contributed by atoms with Crippen LogP contribution in [0.2, 0.25) is 0 Å². The number of sulfonamides is 1. The van der Waals surface area contributed by atoms with E-state index in [9.17, 15) is 26.4 Å². The average Bonchev–Trinajstić information content (AvgIpc) is 2.65. The summed E-state index contributed by atoms with van der Waals surface area (Å²) in [6.45, 7) is -0.0565. The normalized spacial score (nSPS) is 17.6. The van der Waals surface area contributed by atoms with Gasteiger partial charge in [0.25, 0.3) is 0 Å². The molecule has 0 amide bonds. The standard InChI is InChI=1S/C18H16F3NO5S/c1-26-17(23)16-10-12-4-2-3-5-13(12)11-22(16)28(24,25)15-8-6-14(7-9-15)27-18(19,20)21/h2-9,16H,10-11H2,1H3/t16-/m1/s1. The number of hydrogen-bond acceptors (Lipinski definition) is 5. The zero-order chi connectivity index (χ0) is 20.5. The van der Waals surface area contributed by atoms with Gasteiger partial charge in [-0.3, -0.25) is 4.79 Å². The van der Waals surface area contributed by atoms with Gasteiger partial charge in [-0.15, -0.1) is 13.2 Å². The predicted molar refractivity (Wildman–Crippen MR) is 91.8 cm³/mol. The van der Waals surface area contributed by atoms with Crippen molar-refractivity contribution >= 4 is 16.0 Å². The van der Waals surface area contributed by atoms with Crippen LogP contribution in [0.1, 0.15) is 11.1 Å². The van der Waals surface area contributed by atoms with Gasteiger partial charge in [-0.1, -0.05) is 24.3 Å². The van der Waals surface area contributed by atoms with Crippen molar-refractivity contribution in [3.63, 3.8) is 0 Å². The van der Waals surface area contributed by atoms with Gasteiger partial charge in [0.2, 0.25) is 10.0 Å². The Morgan fingerprint density at radius 1 is 1.07 bits per heavy atom. The molecule has 0 N–H and O–H groups in total. The minimum absolute atomic E-state index is 0.0565. The first kappa shape index (κ1) is 20.2. The van der Waals surface area contributed by atoms with Gasteiger partial charge in [-0.05, 0) is 35.4 Å². The molecule has 1 heterocycles. The minimum atomic E-state index is -4.88. The number of methoxy groups -OCH3 is 1. The molecule has 0 unspecified atom stereocenters. The van der Waals surface area contributed by atoms with E-state index >= 15 is 0 Å². The van der Waals surface area contributed by atoms with Crippen LogP contribution in [0.3, 0.4) is 0 Å². The molecule has 10 heteroatoms. The van der Waals surface area contributed by atoms with Crippen molar-refractivity contribution in [1.29, 1.82) is 0 Å². The summed E-state index contributed by atoms with van der Waals surface area (Å²) in [6.07, 6.45) is -4.75. The van der Waals surface area contributed by atoms with E-state index in [1.54, 1.807) is 24.3 Å². The molecule has 0 radical (unpaired) electrons. The third-order valence-corrected chi connectivity index (χ3v) is 6.21. The van der Waals surface area contributed by atoms with E-state index in [4.69, 9.17) is 4.74 Å². The van der Waals surface area contributed by atoms with E-state index in [-0.39, 0.29) is 17.9 Å². The highest BCUT2D eigenvalue weighted by Gasteiger charge is 2.40. The van der Waals surface area contributed by atoms with Crippen molar-refractivity contribution in [3.8, 4) is 5.75 Å². The van der Waals surface area contributed by atoms with Gasteiger partial charge < -0.3 is 9.47 Å². The second-order valence-corrected chi connectivity index (χ2v) is 7.97. The van der Waals surface area contributed by atoms with Crippen LogP contribution in [0.25, 0.3) is 0 Å². The molecule has 2 aromatic rings. The number of nitrogens with zero attached hydrogens (tertiary/aromatic N) is 1. The van der Waals surface area contributed by atoms with Crippen LogP contribution in [0.5, 0.6) is 5.75 Å². The second-order valence-electron chi connectivity index (χ2n) is 6.08. The molecule has 0 saturated heterocycles. The number of rotatable bonds is 4. The lowest BCUT2D eigenvalue weighted by atomic mass is 9.96. The van der Waals surface area contributed by atoms with E-state index in [0.29, 0.717) is 0 Å². The van der Waals surface area contributed by atoms with Crippen molar-refractivity contribution in [3.05, 3.63) is 59.7 Å². The number of fused-ring (bicyclic) bond motifs is 1. The smallest absolute Gasteiger partial charge is 0.468 e. The molecule has 0 aliphatic carbocycles. The molecule has 6 nitrogen and oxygen atoms in total. The summed E-state index contributed by atoms with van der Waals surface area (Å²) in [5.74, 6) is -1.25. The molecule has 3 rings (SSSR count). The Kier molecular flexibility index (Phi) is 5.35. The number of ether oxygens (including phenoxy) is 2. The third kappa shape index (κ3) is 4.12. The number of carbonyl (C=O) groups excluding carboxylic acids is 1.